The number of H-pyrrole nitrogens is 1. The summed E-state index contributed by atoms with van der Waals surface area (Å²) in [4.78, 5) is 10.9. The van der Waals surface area contributed by atoms with Crippen molar-refractivity contribution in [2.24, 2.45) is 0 Å². The first-order valence-electron chi connectivity index (χ1n) is 6.79. The van der Waals surface area contributed by atoms with Crippen LogP contribution >= 0.6 is 0 Å². The third kappa shape index (κ3) is 3.50. The van der Waals surface area contributed by atoms with Gasteiger partial charge >= 0.3 is 5.69 Å². The fourth-order valence-electron chi connectivity index (χ4n) is 1.97. The Bertz CT molecular complexity index is 598. The fourth-order valence-corrected chi connectivity index (χ4v) is 1.97. The van der Waals surface area contributed by atoms with E-state index in [2.05, 4.69) is 15.5 Å². The molecule has 1 atom stereocenters. The smallest absolute Gasteiger partial charge is 0.333 e. The number of anilines is 1. The van der Waals surface area contributed by atoms with Gasteiger partial charge in [0.05, 0.1) is 23.8 Å². The van der Waals surface area contributed by atoms with Crippen LogP contribution in [0.25, 0.3) is 0 Å². The number of aromatic amines is 1. The van der Waals surface area contributed by atoms with E-state index in [1.807, 2.05) is 13.8 Å². The quantitative estimate of drug-likeness (QED) is 0.603. The van der Waals surface area contributed by atoms with Crippen LogP contribution in [0, 0.1) is 10.1 Å². The summed E-state index contributed by atoms with van der Waals surface area (Å²) in [7, 11) is 0. The number of aromatic nitrogens is 2. The summed E-state index contributed by atoms with van der Waals surface area (Å²) in [5.41, 5.74) is 1.31. The molecule has 0 aliphatic heterocycles. The molecule has 1 aromatic heterocycles. The van der Waals surface area contributed by atoms with Crippen LogP contribution in [0.2, 0.25) is 0 Å². The van der Waals surface area contributed by atoms with E-state index < -0.39 is 4.92 Å². The lowest BCUT2D eigenvalue weighted by Gasteiger charge is -2.15. The van der Waals surface area contributed by atoms with Gasteiger partial charge in [0.15, 0.2) is 5.75 Å². The number of nitro benzene ring substituents is 1. The highest BCUT2D eigenvalue weighted by Crippen LogP contribution is 2.36. The Morgan fingerprint density at radius 3 is 2.95 bits per heavy atom. The van der Waals surface area contributed by atoms with Crippen LogP contribution in [0.15, 0.2) is 30.6 Å². The van der Waals surface area contributed by atoms with E-state index >= 15 is 0 Å². The molecule has 1 heterocycles. The zero-order chi connectivity index (χ0) is 15.2. The van der Waals surface area contributed by atoms with E-state index in [4.69, 9.17) is 4.74 Å². The standard InChI is InChI=1S/C14H18N4O3/c1-3-7-21-13-6-4-5-12(14(13)18(19)20)17-10(2)11-8-15-16-9-11/h4-6,8-10,17H,3,7H2,1-2H3,(H,15,16). The van der Waals surface area contributed by atoms with Crippen molar-refractivity contribution in [2.45, 2.75) is 26.3 Å². The maximum Gasteiger partial charge on any atom is 0.333 e. The van der Waals surface area contributed by atoms with Gasteiger partial charge in [0, 0.05) is 11.8 Å². The Labute approximate surface area is 122 Å². The molecule has 2 rings (SSSR count). The molecular weight excluding hydrogens is 272 g/mol. The van der Waals surface area contributed by atoms with E-state index in [-0.39, 0.29) is 17.5 Å². The molecule has 21 heavy (non-hydrogen) atoms. The molecular formula is C14H18N4O3. The molecule has 0 fully saturated rings. The van der Waals surface area contributed by atoms with Crippen LogP contribution in [0.5, 0.6) is 5.75 Å². The van der Waals surface area contributed by atoms with Crippen LogP contribution in [0.4, 0.5) is 11.4 Å². The van der Waals surface area contributed by atoms with Gasteiger partial charge in [-0.05, 0) is 25.5 Å². The number of benzene rings is 1. The summed E-state index contributed by atoms with van der Waals surface area (Å²) in [5.74, 6) is 0.284. The Morgan fingerprint density at radius 1 is 1.52 bits per heavy atom. The number of nitrogens with zero attached hydrogens (tertiary/aromatic N) is 2. The monoisotopic (exact) mass is 290 g/mol. The number of ether oxygens (including phenoxy) is 1. The van der Waals surface area contributed by atoms with Gasteiger partial charge in [0.1, 0.15) is 5.69 Å². The molecule has 0 amide bonds. The lowest BCUT2D eigenvalue weighted by Crippen LogP contribution is -2.09. The molecule has 0 radical (unpaired) electrons. The molecule has 0 spiro atoms. The summed E-state index contributed by atoms with van der Waals surface area (Å²) < 4.78 is 5.46. The Hall–Kier alpha value is -2.57. The molecule has 1 aromatic carbocycles. The van der Waals surface area contributed by atoms with Gasteiger partial charge in [-0.3, -0.25) is 15.2 Å². The topological polar surface area (TPSA) is 93.1 Å². The van der Waals surface area contributed by atoms with Crippen LogP contribution in [0.3, 0.4) is 0 Å². The van der Waals surface area contributed by atoms with Gasteiger partial charge in [-0.2, -0.15) is 5.10 Å². The highest BCUT2D eigenvalue weighted by atomic mass is 16.6. The molecule has 2 N–H and O–H groups in total. The molecule has 7 nitrogen and oxygen atoms in total. The Balaban J connectivity index is 2.27. The minimum Gasteiger partial charge on any atom is -0.487 e. The average Bonchev–Trinajstić information content (AvgIpc) is 2.99. The summed E-state index contributed by atoms with van der Waals surface area (Å²) in [6, 6.07) is 4.92. The van der Waals surface area contributed by atoms with Crippen LogP contribution in [0.1, 0.15) is 31.9 Å². The van der Waals surface area contributed by atoms with E-state index in [0.29, 0.717) is 12.3 Å². The Morgan fingerprint density at radius 2 is 2.33 bits per heavy atom. The van der Waals surface area contributed by atoms with E-state index in [1.54, 1.807) is 30.6 Å². The van der Waals surface area contributed by atoms with Crippen molar-refractivity contribution in [1.82, 2.24) is 10.2 Å². The van der Waals surface area contributed by atoms with Gasteiger partial charge in [0.25, 0.3) is 0 Å². The minimum absolute atomic E-state index is 0.0405. The van der Waals surface area contributed by atoms with Crippen molar-refractivity contribution in [3.63, 3.8) is 0 Å². The number of hydrogen-bond donors (Lipinski definition) is 2. The SMILES string of the molecule is CCCOc1cccc(NC(C)c2cn[nH]c2)c1[N+](=O)[O-]. The Kier molecular flexibility index (Phi) is 4.76. The first-order chi connectivity index (χ1) is 10.1. The van der Waals surface area contributed by atoms with Crippen molar-refractivity contribution >= 4 is 11.4 Å². The zero-order valence-electron chi connectivity index (χ0n) is 12.0. The molecule has 0 saturated carbocycles. The third-order valence-electron chi connectivity index (χ3n) is 3.03. The van der Waals surface area contributed by atoms with E-state index in [1.165, 1.54) is 0 Å². The maximum atomic E-state index is 11.3. The van der Waals surface area contributed by atoms with E-state index in [0.717, 1.165) is 12.0 Å². The van der Waals surface area contributed by atoms with Gasteiger partial charge < -0.3 is 10.1 Å². The lowest BCUT2D eigenvalue weighted by molar-refractivity contribution is -0.385. The molecule has 0 aliphatic rings. The number of nitrogens with one attached hydrogen (secondary N) is 2. The second-order valence-electron chi connectivity index (χ2n) is 4.66. The van der Waals surface area contributed by atoms with Crippen molar-refractivity contribution in [1.29, 1.82) is 0 Å². The molecule has 0 saturated heterocycles. The predicted octanol–water partition coefficient (Wildman–Crippen LogP) is 3.28. The lowest BCUT2D eigenvalue weighted by atomic mass is 10.1. The molecule has 0 aliphatic carbocycles. The fraction of sp³-hybridized carbons (Fsp3) is 0.357. The van der Waals surface area contributed by atoms with Gasteiger partial charge in [-0.25, -0.2) is 0 Å². The summed E-state index contributed by atoms with van der Waals surface area (Å²) in [5, 5.41) is 21.1. The maximum absolute atomic E-state index is 11.3. The second kappa shape index (κ2) is 6.74. The minimum atomic E-state index is -0.421. The van der Waals surface area contributed by atoms with Crippen LogP contribution in [-0.4, -0.2) is 21.7 Å². The normalized spacial score (nSPS) is 11.9. The summed E-state index contributed by atoms with van der Waals surface area (Å²) in [6.45, 7) is 4.31. The predicted molar refractivity (Wildman–Crippen MR) is 79.5 cm³/mol. The van der Waals surface area contributed by atoms with Crippen molar-refractivity contribution in [2.75, 3.05) is 11.9 Å². The molecule has 112 valence electrons. The second-order valence-corrected chi connectivity index (χ2v) is 4.66. The van der Waals surface area contributed by atoms with Gasteiger partial charge in [0.2, 0.25) is 0 Å². The highest BCUT2D eigenvalue weighted by Gasteiger charge is 2.22. The molecule has 0 bridgehead atoms. The highest BCUT2D eigenvalue weighted by molar-refractivity contribution is 5.69. The van der Waals surface area contributed by atoms with Crippen LogP contribution in [-0.2, 0) is 0 Å². The first kappa shape index (κ1) is 14.8. The zero-order valence-corrected chi connectivity index (χ0v) is 12.0. The third-order valence-corrected chi connectivity index (χ3v) is 3.03. The molecule has 2 aromatic rings. The van der Waals surface area contributed by atoms with Gasteiger partial charge in [-0.1, -0.05) is 13.0 Å². The number of rotatable bonds is 7. The largest absolute Gasteiger partial charge is 0.487 e. The average molecular weight is 290 g/mol. The summed E-state index contributed by atoms with van der Waals surface area (Å²) in [6.07, 6.45) is 4.22. The first-order valence-corrected chi connectivity index (χ1v) is 6.79. The molecule has 7 heteroatoms. The number of nitro groups is 1. The van der Waals surface area contributed by atoms with E-state index in [9.17, 15) is 10.1 Å². The summed E-state index contributed by atoms with van der Waals surface area (Å²) >= 11 is 0. The van der Waals surface area contributed by atoms with Crippen LogP contribution < -0.4 is 10.1 Å². The number of para-hydroxylation sites is 1. The molecule has 1 unspecified atom stereocenters. The van der Waals surface area contributed by atoms with Crippen molar-refractivity contribution in [3.8, 4) is 5.75 Å². The van der Waals surface area contributed by atoms with Crippen molar-refractivity contribution in [3.05, 3.63) is 46.3 Å². The number of hydrogen-bond acceptors (Lipinski definition) is 5. The van der Waals surface area contributed by atoms with Gasteiger partial charge in [-0.15, -0.1) is 0 Å². The van der Waals surface area contributed by atoms with Crippen molar-refractivity contribution < 1.29 is 9.66 Å².